The van der Waals surface area contributed by atoms with Crippen LogP contribution < -0.4 is 0 Å². The zero-order valence-corrected chi connectivity index (χ0v) is 32.6. The summed E-state index contributed by atoms with van der Waals surface area (Å²) in [4.78, 5) is 28.9. The van der Waals surface area contributed by atoms with Gasteiger partial charge in [-0.05, 0) is 97.9 Å². The summed E-state index contributed by atoms with van der Waals surface area (Å²) >= 11 is 0. The third-order valence-electron chi connectivity index (χ3n) is 9.16. The molecule has 0 aromatic rings. The first kappa shape index (κ1) is 46.3. The summed E-state index contributed by atoms with van der Waals surface area (Å²) in [6.07, 6.45) is 37.1. The van der Waals surface area contributed by atoms with Crippen molar-refractivity contribution in [1.29, 1.82) is 0 Å². The molecule has 0 heterocycles. The van der Waals surface area contributed by atoms with Crippen LogP contribution >= 0.6 is 0 Å². The molecular weight excluding hydrogens is 596 g/mol. The monoisotopic (exact) mass is 677 g/mol. The maximum Gasteiger partial charge on any atom is 0.306 e. The average molecular weight is 677 g/mol. The van der Waals surface area contributed by atoms with Crippen molar-refractivity contribution in [2.45, 2.75) is 174 Å². The third kappa shape index (κ3) is 35.6. The van der Waals surface area contributed by atoms with Crippen LogP contribution in [0.25, 0.3) is 0 Å². The molecule has 0 spiro atoms. The van der Waals surface area contributed by atoms with Gasteiger partial charge < -0.3 is 19.3 Å². The van der Waals surface area contributed by atoms with Crippen molar-refractivity contribution in [3.63, 3.8) is 0 Å². The van der Waals surface area contributed by atoms with E-state index in [0.717, 1.165) is 57.5 Å². The molecule has 0 bridgehead atoms. The predicted octanol–water partition coefficient (Wildman–Crippen LogP) is 11.1. The molecule has 0 aliphatic heterocycles. The van der Waals surface area contributed by atoms with Crippen molar-refractivity contribution < 1.29 is 19.1 Å². The van der Waals surface area contributed by atoms with Gasteiger partial charge in [0, 0.05) is 19.4 Å². The summed E-state index contributed by atoms with van der Waals surface area (Å²) in [6.45, 7) is 8.78. The van der Waals surface area contributed by atoms with Crippen molar-refractivity contribution in [2.24, 2.45) is 5.92 Å². The molecule has 0 saturated heterocycles. The lowest BCUT2D eigenvalue weighted by atomic mass is 9.93. The fourth-order valence-electron chi connectivity index (χ4n) is 6.16. The van der Waals surface area contributed by atoms with E-state index >= 15 is 0 Å². The van der Waals surface area contributed by atoms with Crippen LogP contribution in [0.3, 0.4) is 0 Å². The van der Waals surface area contributed by atoms with E-state index in [1.165, 1.54) is 116 Å². The van der Waals surface area contributed by atoms with Crippen molar-refractivity contribution in [3.8, 4) is 0 Å². The van der Waals surface area contributed by atoms with Gasteiger partial charge in [-0.2, -0.15) is 0 Å². The van der Waals surface area contributed by atoms with E-state index in [-0.39, 0.29) is 11.9 Å². The number of carbonyl (C=O) groups is 2. The Hall–Kier alpha value is -1.66. The molecular formula is C42H80N2O4. The minimum atomic E-state index is -0.0563. The number of rotatable bonds is 36. The third-order valence-corrected chi connectivity index (χ3v) is 9.16. The standard InChI is InChI=1S/C42H80N2O4/c1-6-8-10-12-14-22-28-37-47-41(45)33-26-20-16-18-24-31-40(39-44(5)36-30-35-43(3)4)32-25-19-17-21-27-34-42(46)48-38-29-23-15-13-11-9-7-2/h22-23,28-29,40H,6-21,24-27,30-39H2,1-5H3/b28-22+,29-23+. The molecule has 6 nitrogen and oxygen atoms in total. The SMILES string of the molecule is CCCCCC/C=C/COC(=O)CCCCCCCC(CCCCCCCC(=O)OC/C=C/CCCCCC)CN(C)CCCN(C)C. The number of hydrogen-bond acceptors (Lipinski definition) is 6. The highest BCUT2D eigenvalue weighted by atomic mass is 16.5. The van der Waals surface area contributed by atoms with Crippen LogP contribution in [0, 0.1) is 5.92 Å². The molecule has 0 amide bonds. The maximum atomic E-state index is 12.0. The highest BCUT2D eigenvalue weighted by molar-refractivity contribution is 5.69. The fourth-order valence-corrected chi connectivity index (χ4v) is 6.16. The fraction of sp³-hybridized carbons (Fsp3) is 0.857. The Morgan fingerprint density at radius 3 is 1.42 bits per heavy atom. The van der Waals surface area contributed by atoms with Crippen molar-refractivity contribution >= 4 is 11.9 Å². The predicted molar refractivity (Wildman–Crippen MR) is 207 cm³/mol. The van der Waals surface area contributed by atoms with E-state index < -0.39 is 0 Å². The highest BCUT2D eigenvalue weighted by Crippen LogP contribution is 2.20. The van der Waals surface area contributed by atoms with E-state index in [1.807, 2.05) is 12.2 Å². The molecule has 0 atom stereocenters. The molecule has 0 aromatic heterocycles. The summed E-state index contributed by atoms with van der Waals surface area (Å²) in [5.41, 5.74) is 0. The Labute approximate surface area is 298 Å². The number of carbonyl (C=O) groups excluding carboxylic acids is 2. The zero-order valence-electron chi connectivity index (χ0n) is 32.6. The van der Waals surface area contributed by atoms with Gasteiger partial charge in [0.2, 0.25) is 0 Å². The molecule has 0 fully saturated rings. The maximum absolute atomic E-state index is 12.0. The van der Waals surface area contributed by atoms with Gasteiger partial charge in [0.05, 0.1) is 0 Å². The van der Waals surface area contributed by atoms with Gasteiger partial charge in [0.15, 0.2) is 0 Å². The molecule has 48 heavy (non-hydrogen) atoms. The number of allylic oxidation sites excluding steroid dienone is 2. The van der Waals surface area contributed by atoms with Crippen LogP contribution in [-0.2, 0) is 19.1 Å². The van der Waals surface area contributed by atoms with Crippen molar-refractivity contribution in [3.05, 3.63) is 24.3 Å². The minimum Gasteiger partial charge on any atom is -0.461 e. The molecule has 0 radical (unpaired) electrons. The Morgan fingerprint density at radius 2 is 0.958 bits per heavy atom. The van der Waals surface area contributed by atoms with E-state index in [0.29, 0.717) is 26.1 Å². The van der Waals surface area contributed by atoms with Crippen LogP contribution in [0.4, 0.5) is 0 Å². The van der Waals surface area contributed by atoms with Crippen molar-refractivity contribution in [2.75, 3.05) is 54.0 Å². The molecule has 0 rings (SSSR count). The molecule has 0 aliphatic rings. The number of nitrogens with zero attached hydrogens (tertiary/aromatic N) is 2. The van der Waals surface area contributed by atoms with Crippen LogP contribution in [-0.4, -0.2) is 75.7 Å². The van der Waals surface area contributed by atoms with Gasteiger partial charge in [0.25, 0.3) is 0 Å². The lowest BCUT2D eigenvalue weighted by Gasteiger charge is -2.25. The smallest absolute Gasteiger partial charge is 0.306 e. The van der Waals surface area contributed by atoms with Gasteiger partial charge >= 0.3 is 11.9 Å². The van der Waals surface area contributed by atoms with Crippen LogP contribution in [0.2, 0.25) is 0 Å². The number of hydrogen-bond donors (Lipinski definition) is 0. The normalized spacial score (nSPS) is 12.0. The Morgan fingerprint density at radius 1 is 0.521 bits per heavy atom. The van der Waals surface area contributed by atoms with Crippen molar-refractivity contribution in [1.82, 2.24) is 9.80 Å². The second-order valence-corrected chi connectivity index (χ2v) is 14.4. The van der Waals surface area contributed by atoms with Crippen LogP contribution in [0.5, 0.6) is 0 Å². The van der Waals surface area contributed by atoms with Crippen LogP contribution in [0.15, 0.2) is 24.3 Å². The van der Waals surface area contributed by atoms with E-state index in [1.54, 1.807) is 0 Å². The van der Waals surface area contributed by atoms with Gasteiger partial charge in [-0.1, -0.05) is 128 Å². The molecule has 0 unspecified atom stereocenters. The lowest BCUT2D eigenvalue weighted by Crippen LogP contribution is -2.29. The van der Waals surface area contributed by atoms with E-state index in [9.17, 15) is 9.59 Å². The Balaban J connectivity index is 4.11. The number of unbranched alkanes of at least 4 members (excludes halogenated alkanes) is 16. The summed E-state index contributed by atoms with van der Waals surface area (Å²) in [7, 11) is 6.59. The van der Waals surface area contributed by atoms with Gasteiger partial charge in [0.1, 0.15) is 13.2 Å². The lowest BCUT2D eigenvalue weighted by molar-refractivity contribution is -0.143. The van der Waals surface area contributed by atoms with E-state index in [2.05, 4.69) is 56.9 Å². The topological polar surface area (TPSA) is 59.1 Å². The molecule has 0 aliphatic carbocycles. The summed E-state index contributed by atoms with van der Waals surface area (Å²) in [5.74, 6) is 0.636. The first-order chi connectivity index (χ1) is 23.4. The zero-order chi connectivity index (χ0) is 35.3. The van der Waals surface area contributed by atoms with Gasteiger partial charge in [-0.15, -0.1) is 0 Å². The summed E-state index contributed by atoms with van der Waals surface area (Å²) in [6, 6.07) is 0. The second kappa shape index (κ2) is 36.6. The van der Waals surface area contributed by atoms with Gasteiger partial charge in [-0.25, -0.2) is 0 Å². The molecule has 6 heteroatoms. The minimum absolute atomic E-state index is 0.0563. The average Bonchev–Trinajstić information content (AvgIpc) is 3.05. The largest absolute Gasteiger partial charge is 0.461 e. The first-order valence-corrected chi connectivity index (χ1v) is 20.3. The summed E-state index contributed by atoms with van der Waals surface area (Å²) < 4.78 is 10.7. The van der Waals surface area contributed by atoms with E-state index in [4.69, 9.17) is 9.47 Å². The number of ether oxygens (including phenoxy) is 2. The summed E-state index contributed by atoms with van der Waals surface area (Å²) in [5, 5.41) is 0. The Kier molecular flexibility index (Phi) is 35.3. The molecule has 0 aromatic carbocycles. The highest BCUT2D eigenvalue weighted by Gasteiger charge is 2.12. The second-order valence-electron chi connectivity index (χ2n) is 14.4. The quantitative estimate of drug-likeness (QED) is 0.0374. The molecule has 282 valence electrons. The number of esters is 2. The Bertz CT molecular complexity index is 715. The molecule has 0 N–H and O–H groups in total. The first-order valence-electron chi connectivity index (χ1n) is 20.3. The molecule has 0 saturated carbocycles. The van der Waals surface area contributed by atoms with Crippen LogP contribution in [0.1, 0.15) is 174 Å². The van der Waals surface area contributed by atoms with Gasteiger partial charge in [-0.3, -0.25) is 9.59 Å².